The first-order valence-corrected chi connectivity index (χ1v) is 9.83. The summed E-state index contributed by atoms with van der Waals surface area (Å²) >= 11 is -0.204. The van der Waals surface area contributed by atoms with Gasteiger partial charge in [0.05, 0.1) is 18.1 Å². The van der Waals surface area contributed by atoms with E-state index in [1.54, 1.807) is 24.3 Å². The molecule has 164 valence electrons. The monoisotopic (exact) mass is 461 g/mol. The maximum absolute atomic E-state index is 12.4. The number of H-pyrrole nitrogens is 1. The van der Waals surface area contributed by atoms with Crippen LogP contribution in [0.5, 0.6) is 11.6 Å². The average molecular weight is 461 g/mol. The van der Waals surface area contributed by atoms with Gasteiger partial charge < -0.3 is 14.5 Å². The van der Waals surface area contributed by atoms with Gasteiger partial charge in [0.15, 0.2) is 5.76 Å². The highest BCUT2D eigenvalue weighted by Gasteiger charge is 2.29. The molecule has 4 rings (SSSR count). The Labute approximate surface area is 183 Å². The molecule has 8 nitrogen and oxygen atoms in total. The van der Waals surface area contributed by atoms with Gasteiger partial charge in [-0.2, -0.15) is 18.3 Å². The Kier molecular flexibility index (Phi) is 6.03. The number of carbonyl (C=O) groups is 1. The van der Waals surface area contributed by atoms with E-state index in [0.717, 1.165) is 0 Å². The Morgan fingerprint density at radius 1 is 1.09 bits per heavy atom. The quantitative estimate of drug-likeness (QED) is 0.299. The molecule has 1 aromatic carbocycles. The molecule has 0 aliphatic heterocycles. The molecule has 2 amide bonds. The van der Waals surface area contributed by atoms with E-state index in [1.165, 1.54) is 42.8 Å². The summed E-state index contributed by atoms with van der Waals surface area (Å²) in [5.41, 5.74) is -3.41. The summed E-state index contributed by atoms with van der Waals surface area (Å²) in [6.07, 6.45) is 2.90. The summed E-state index contributed by atoms with van der Waals surface area (Å²) in [6.45, 7) is 0. The summed E-state index contributed by atoms with van der Waals surface area (Å²) in [5, 5.41) is 11.9. The number of carbonyl (C=O) groups excluding carboxylic acids is 1. The van der Waals surface area contributed by atoms with Crippen molar-refractivity contribution in [1.82, 2.24) is 15.2 Å². The number of pyridine rings is 1. The number of ether oxygens (including phenoxy) is 1. The summed E-state index contributed by atoms with van der Waals surface area (Å²) < 4.78 is 47.9. The molecule has 12 heteroatoms. The van der Waals surface area contributed by atoms with Crippen LogP contribution < -0.4 is 15.4 Å². The number of urea groups is 1. The van der Waals surface area contributed by atoms with Crippen molar-refractivity contribution >= 4 is 29.3 Å². The molecule has 0 fully saturated rings. The van der Waals surface area contributed by atoms with Crippen LogP contribution in [0.25, 0.3) is 11.5 Å². The molecule has 0 spiro atoms. The van der Waals surface area contributed by atoms with Crippen molar-refractivity contribution in [3.8, 4) is 23.1 Å². The van der Waals surface area contributed by atoms with Crippen LogP contribution in [0.2, 0.25) is 0 Å². The van der Waals surface area contributed by atoms with Gasteiger partial charge in [0, 0.05) is 17.0 Å². The normalized spacial score (nSPS) is 11.2. The number of nitrogens with one attached hydrogen (secondary N) is 3. The zero-order valence-electron chi connectivity index (χ0n) is 16.0. The summed E-state index contributed by atoms with van der Waals surface area (Å²) in [5.74, 6) is 1.47. The van der Waals surface area contributed by atoms with Crippen molar-refractivity contribution in [2.45, 2.75) is 10.4 Å². The fraction of sp³-hybridized carbons (Fsp3) is 0.0500. The molecular formula is C20H14F3N5O3S. The van der Waals surface area contributed by atoms with Gasteiger partial charge in [0.2, 0.25) is 5.88 Å². The van der Waals surface area contributed by atoms with Gasteiger partial charge in [-0.15, -0.1) is 0 Å². The van der Waals surface area contributed by atoms with E-state index < -0.39 is 11.5 Å². The molecule has 0 radical (unpaired) electrons. The van der Waals surface area contributed by atoms with Crippen molar-refractivity contribution in [2.75, 3.05) is 10.6 Å². The Balaban J connectivity index is 1.30. The minimum Gasteiger partial charge on any atom is -0.463 e. The molecular weight excluding hydrogens is 447 g/mol. The Morgan fingerprint density at radius 3 is 2.56 bits per heavy atom. The van der Waals surface area contributed by atoms with Crippen molar-refractivity contribution in [1.29, 1.82) is 0 Å². The number of hydrogen-bond acceptors (Lipinski definition) is 6. The SMILES string of the molecule is O=C(Nc1ccc(Oc2ccc(SC(F)(F)F)cc2)nc1)Nc1cc(-c2ccco2)n[nH]1. The molecule has 3 aromatic heterocycles. The predicted octanol–water partition coefficient (Wildman–Crippen LogP) is 6.11. The predicted molar refractivity (Wildman–Crippen MR) is 112 cm³/mol. The number of anilines is 2. The highest BCUT2D eigenvalue weighted by Crippen LogP contribution is 2.37. The fourth-order valence-electron chi connectivity index (χ4n) is 2.57. The third-order valence-corrected chi connectivity index (χ3v) is 4.61. The summed E-state index contributed by atoms with van der Waals surface area (Å²) in [7, 11) is 0. The average Bonchev–Trinajstić information content (AvgIpc) is 3.42. The van der Waals surface area contributed by atoms with Gasteiger partial charge in [0.1, 0.15) is 17.3 Å². The van der Waals surface area contributed by atoms with Crippen molar-refractivity contribution in [3.05, 3.63) is 67.1 Å². The number of furan rings is 1. The highest BCUT2D eigenvalue weighted by atomic mass is 32.2. The Morgan fingerprint density at radius 2 is 1.91 bits per heavy atom. The number of halogens is 3. The Hall–Kier alpha value is -3.93. The van der Waals surface area contributed by atoms with Gasteiger partial charge in [-0.05, 0) is 54.2 Å². The topological polar surface area (TPSA) is 105 Å². The minimum absolute atomic E-state index is 0.0527. The van der Waals surface area contributed by atoms with Gasteiger partial charge in [-0.3, -0.25) is 10.4 Å². The van der Waals surface area contributed by atoms with E-state index in [2.05, 4.69) is 25.8 Å². The van der Waals surface area contributed by atoms with Gasteiger partial charge in [0.25, 0.3) is 0 Å². The molecule has 3 heterocycles. The molecule has 0 aliphatic rings. The van der Waals surface area contributed by atoms with E-state index in [-0.39, 0.29) is 22.5 Å². The van der Waals surface area contributed by atoms with Crippen LogP contribution in [0.1, 0.15) is 0 Å². The maximum atomic E-state index is 12.4. The number of hydrogen-bond donors (Lipinski definition) is 3. The van der Waals surface area contributed by atoms with Gasteiger partial charge in [-0.1, -0.05) is 0 Å². The van der Waals surface area contributed by atoms with Crippen LogP contribution in [0.3, 0.4) is 0 Å². The summed E-state index contributed by atoms with van der Waals surface area (Å²) in [4.78, 5) is 16.3. The molecule has 0 atom stereocenters. The second-order valence-electron chi connectivity index (χ2n) is 6.23. The van der Waals surface area contributed by atoms with E-state index in [0.29, 0.717) is 28.7 Å². The number of amides is 2. The molecule has 0 bridgehead atoms. The zero-order valence-corrected chi connectivity index (χ0v) is 16.8. The van der Waals surface area contributed by atoms with Crippen LogP contribution in [-0.4, -0.2) is 26.7 Å². The smallest absolute Gasteiger partial charge is 0.446 e. The molecule has 0 saturated carbocycles. The van der Waals surface area contributed by atoms with Crippen LogP contribution in [0, 0.1) is 0 Å². The number of nitrogens with zero attached hydrogens (tertiary/aromatic N) is 2. The standard InChI is InChI=1S/C20H14F3N5O3S/c21-20(22,23)32-14-6-4-13(5-7-14)31-18-8-3-12(11-24-18)25-19(29)26-17-10-15(27-28-17)16-2-1-9-30-16/h1-11H,(H3,25,26,27,28,29). The number of aromatic nitrogens is 3. The number of rotatable bonds is 6. The molecule has 0 saturated heterocycles. The second kappa shape index (κ2) is 9.06. The number of aromatic amines is 1. The number of benzene rings is 1. The van der Waals surface area contributed by atoms with E-state index in [1.807, 2.05) is 0 Å². The molecule has 0 aliphatic carbocycles. The lowest BCUT2D eigenvalue weighted by atomic mass is 10.3. The van der Waals surface area contributed by atoms with Crippen molar-refractivity contribution in [3.63, 3.8) is 0 Å². The number of thioether (sulfide) groups is 1. The Bertz CT molecular complexity index is 1180. The number of alkyl halides is 3. The van der Waals surface area contributed by atoms with Crippen LogP contribution in [0.15, 0.2) is 76.4 Å². The van der Waals surface area contributed by atoms with Crippen LogP contribution in [-0.2, 0) is 0 Å². The van der Waals surface area contributed by atoms with Crippen LogP contribution >= 0.6 is 11.8 Å². The van der Waals surface area contributed by atoms with Crippen molar-refractivity contribution in [2.24, 2.45) is 0 Å². The van der Waals surface area contributed by atoms with Gasteiger partial charge >= 0.3 is 11.5 Å². The van der Waals surface area contributed by atoms with Crippen molar-refractivity contribution < 1.29 is 27.1 Å². The van der Waals surface area contributed by atoms with E-state index in [9.17, 15) is 18.0 Å². The largest absolute Gasteiger partial charge is 0.463 e. The summed E-state index contributed by atoms with van der Waals surface area (Å²) in [6, 6.07) is 13.1. The lowest BCUT2D eigenvalue weighted by Gasteiger charge is -2.09. The molecule has 3 N–H and O–H groups in total. The second-order valence-corrected chi connectivity index (χ2v) is 7.37. The first-order chi connectivity index (χ1) is 15.3. The lowest BCUT2D eigenvalue weighted by Crippen LogP contribution is -2.19. The first-order valence-electron chi connectivity index (χ1n) is 9.01. The molecule has 4 aromatic rings. The highest BCUT2D eigenvalue weighted by molar-refractivity contribution is 8.00. The first kappa shape index (κ1) is 21.3. The minimum atomic E-state index is -4.35. The third kappa shape index (κ3) is 5.82. The van der Waals surface area contributed by atoms with Gasteiger partial charge in [-0.25, -0.2) is 9.78 Å². The lowest BCUT2D eigenvalue weighted by molar-refractivity contribution is -0.0328. The molecule has 0 unspecified atom stereocenters. The zero-order chi connectivity index (χ0) is 22.6. The third-order valence-electron chi connectivity index (χ3n) is 3.87. The van der Waals surface area contributed by atoms with E-state index >= 15 is 0 Å². The fourth-order valence-corrected chi connectivity index (χ4v) is 3.11. The molecule has 32 heavy (non-hydrogen) atoms. The van der Waals surface area contributed by atoms with E-state index in [4.69, 9.17) is 9.15 Å². The van der Waals surface area contributed by atoms with Crippen LogP contribution in [0.4, 0.5) is 29.5 Å². The maximum Gasteiger partial charge on any atom is 0.446 e.